The molecule has 35 heavy (non-hydrogen) atoms. The van der Waals surface area contributed by atoms with E-state index in [1.165, 1.54) is 10.4 Å². The Bertz CT molecular complexity index is 1170. The molecular weight excluding hydrogens is 490 g/mol. The van der Waals surface area contributed by atoms with E-state index in [4.69, 9.17) is 13.7 Å². The molecule has 0 N–H and O–H groups in total. The van der Waals surface area contributed by atoms with Gasteiger partial charge in [0.05, 0.1) is 18.2 Å². The van der Waals surface area contributed by atoms with Crippen LogP contribution in [-0.2, 0) is 25.5 Å². The summed E-state index contributed by atoms with van der Waals surface area (Å²) in [5.74, 6) is 0.805. The van der Waals surface area contributed by atoms with Gasteiger partial charge in [0.15, 0.2) is 0 Å². The van der Waals surface area contributed by atoms with Crippen LogP contribution in [0.3, 0.4) is 0 Å². The number of carbonyl (C=O) groups is 1. The van der Waals surface area contributed by atoms with Gasteiger partial charge in [-0.1, -0.05) is 0 Å². The zero-order valence-corrected chi connectivity index (χ0v) is 22.7. The first-order chi connectivity index (χ1) is 16.4. The van der Waals surface area contributed by atoms with E-state index in [9.17, 15) is 13.2 Å². The lowest BCUT2D eigenvalue weighted by molar-refractivity contribution is 0.0137. The Morgan fingerprint density at radius 3 is 2.54 bits per heavy atom. The molecule has 194 valence electrons. The summed E-state index contributed by atoms with van der Waals surface area (Å²) < 4.78 is 39.7. The summed E-state index contributed by atoms with van der Waals surface area (Å²) >= 11 is 1.67. The minimum Gasteiger partial charge on any atom is -0.474 e. The molecule has 11 heteroatoms. The minimum absolute atomic E-state index is 0.0142. The molecule has 0 aromatic carbocycles. The Labute approximate surface area is 211 Å². The van der Waals surface area contributed by atoms with Crippen molar-refractivity contribution < 1.29 is 26.9 Å². The first-order valence-electron chi connectivity index (χ1n) is 12.1. The van der Waals surface area contributed by atoms with E-state index in [2.05, 4.69) is 9.97 Å². The lowest BCUT2D eigenvalue weighted by Gasteiger charge is -2.35. The molecule has 2 aromatic heterocycles. The van der Waals surface area contributed by atoms with Crippen molar-refractivity contribution in [3.05, 3.63) is 16.8 Å². The Kier molecular flexibility index (Phi) is 7.59. The number of fused-ring (bicyclic) bond motifs is 3. The summed E-state index contributed by atoms with van der Waals surface area (Å²) in [5, 5.41) is 0.961. The minimum atomic E-state index is -3.45. The second-order valence-corrected chi connectivity index (χ2v) is 13.2. The summed E-state index contributed by atoms with van der Waals surface area (Å²) in [7, 11) is -1.65. The van der Waals surface area contributed by atoms with Crippen molar-refractivity contribution in [1.82, 2.24) is 14.9 Å². The number of amides is 1. The Morgan fingerprint density at radius 2 is 1.89 bits per heavy atom. The zero-order chi connectivity index (χ0) is 25.4. The van der Waals surface area contributed by atoms with Crippen molar-refractivity contribution in [2.75, 3.05) is 19.9 Å². The molecule has 1 amide bonds. The lowest BCUT2D eigenvalue weighted by atomic mass is 9.92. The predicted molar refractivity (Wildman–Crippen MR) is 135 cm³/mol. The van der Waals surface area contributed by atoms with Gasteiger partial charge in [-0.3, -0.25) is 4.18 Å². The van der Waals surface area contributed by atoms with Crippen LogP contribution in [0, 0.1) is 0 Å². The van der Waals surface area contributed by atoms with Gasteiger partial charge in [-0.15, -0.1) is 11.3 Å². The smallest absolute Gasteiger partial charge is 0.410 e. The summed E-state index contributed by atoms with van der Waals surface area (Å²) in [4.78, 5) is 25.3. The van der Waals surface area contributed by atoms with Gasteiger partial charge in [-0.05, 0) is 77.2 Å². The van der Waals surface area contributed by atoms with Crippen LogP contribution in [0.1, 0.15) is 75.7 Å². The van der Waals surface area contributed by atoms with Gasteiger partial charge in [-0.2, -0.15) is 8.42 Å². The summed E-state index contributed by atoms with van der Waals surface area (Å²) in [6.45, 7) is 5.78. The van der Waals surface area contributed by atoms with Crippen molar-refractivity contribution in [2.45, 2.75) is 89.4 Å². The lowest BCUT2D eigenvalue weighted by Crippen LogP contribution is -2.43. The molecule has 0 unspecified atom stereocenters. The van der Waals surface area contributed by atoms with Gasteiger partial charge in [-0.25, -0.2) is 14.8 Å². The van der Waals surface area contributed by atoms with Gasteiger partial charge in [0.2, 0.25) is 5.88 Å². The monoisotopic (exact) mass is 525 g/mol. The maximum atomic E-state index is 12.4. The van der Waals surface area contributed by atoms with E-state index in [0.29, 0.717) is 12.3 Å². The van der Waals surface area contributed by atoms with Crippen LogP contribution in [0.2, 0.25) is 0 Å². The largest absolute Gasteiger partial charge is 0.474 e. The Hall–Kier alpha value is -1.98. The molecule has 2 aliphatic carbocycles. The van der Waals surface area contributed by atoms with Crippen molar-refractivity contribution in [3.8, 4) is 5.88 Å². The second kappa shape index (κ2) is 10.2. The first kappa shape index (κ1) is 26.1. The summed E-state index contributed by atoms with van der Waals surface area (Å²) in [6, 6.07) is 0.125. The highest BCUT2D eigenvalue weighted by atomic mass is 32.2. The molecule has 0 saturated heterocycles. The maximum Gasteiger partial charge on any atom is 0.410 e. The Balaban J connectivity index is 1.42. The van der Waals surface area contributed by atoms with Crippen LogP contribution in [-0.4, -0.2) is 67.0 Å². The van der Waals surface area contributed by atoms with E-state index >= 15 is 0 Å². The highest BCUT2D eigenvalue weighted by Gasteiger charge is 2.33. The van der Waals surface area contributed by atoms with E-state index in [0.717, 1.165) is 55.0 Å². The third-order valence-electron chi connectivity index (χ3n) is 6.61. The SMILES string of the molecule is CN(C(=O)OC(C)(C)C)[C@H]1CC[C@H](Oc2ncnc3sc4c(c23)[C@@H](CCOS(C)(=O)=O)CC4)CC1. The van der Waals surface area contributed by atoms with Crippen molar-refractivity contribution in [3.63, 3.8) is 0 Å². The standard InChI is InChI=1S/C24H35N3O6S2/c1-24(2,3)33-23(28)27(4)16-7-9-17(10-8-16)32-21-20-19-15(12-13-31-35(5,29)30)6-11-18(19)34-22(20)26-14-25-21/h14-17H,6-13H2,1-5H3/t15-,16-,17-/m1/s1. The number of aromatic nitrogens is 2. The molecule has 0 spiro atoms. The number of hydrogen-bond acceptors (Lipinski definition) is 9. The van der Waals surface area contributed by atoms with Crippen molar-refractivity contribution in [2.24, 2.45) is 0 Å². The number of rotatable bonds is 7. The van der Waals surface area contributed by atoms with Gasteiger partial charge in [0.25, 0.3) is 10.1 Å². The molecule has 4 rings (SSSR count). The molecule has 0 radical (unpaired) electrons. The number of thiophene rings is 1. The van der Waals surface area contributed by atoms with E-state index < -0.39 is 15.7 Å². The average Bonchev–Trinajstić information content (AvgIpc) is 3.32. The summed E-state index contributed by atoms with van der Waals surface area (Å²) in [5.41, 5.74) is 0.677. The fourth-order valence-electron chi connectivity index (χ4n) is 4.95. The molecule has 2 aromatic rings. The molecule has 0 bridgehead atoms. The highest BCUT2D eigenvalue weighted by molar-refractivity contribution is 7.85. The van der Waals surface area contributed by atoms with E-state index in [-0.39, 0.29) is 30.8 Å². The van der Waals surface area contributed by atoms with Crippen LogP contribution >= 0.6 is 11.3 Å². The first-order valence-corrected chi connectivity index (χ1v) is 14.8. The summed E-state index contributed by atoms with van der Waals surface area (Å²) in [6.07, 6.45) is 8.19. The fourth-order valence-corrected chi connectivity index (χ4v) is 6.58. The van der Waals surface area contributed by atoms with Crippen LogP contribution in [0.5, 0.6) is 5.88 Å². The van der Waals surface area contributed by atoms with Gasteiger partial charge in [0.1, 0.15) is 22.9 Å². The van der Waals surface area contributed by atoms with Gasteiger partial charge >= 0.3 is 6.09 Å². The molecule has 2 aliphatic rings. The molecule has 9 nitrogen and oxygen atoms in total. The van der Waals surface area contributed by atoms with Crippen LogP contribution < -0.4 is 4.74 Å². The zero-order valence-electron chi connectivity index (χ0n) is 21.1. The van der Waals surface area contributed by atoms with Gasteiger partial charge in [0, 0.05) is 18.0 Å². The number of ether oxygens (including phenoxy) is 2. The quantitative estimate of drug-likeness (QED) is 0.481. The molecule has 1 saturated carbocycles. The molecule has 0 aliphatic heterocycles. The topological polar surface area (TPSA) is 108 Å². The number of carbonyl (C=O) groups excluding carboxylic acids is 1. The predicted octanol–water partition coefficient (Wildman–Crippen LogP) is 4.64. The Morgan fingerprint density at radius 1 is 1.17 bits per heavy atom. The third-order valence-corrected chi connectivity index (χ3v) is 8.38. The average molecular weight is 526 g/mol. The van der Waals surface area contributed by atoms with Crippen LogP contribution in [0.15, 0.2) is 6.33 Å². The fraction of sp³-hybridized carbons (Fsp3) is 0.708. The highest BCUT2D eigenvalue weighted by Crippen LogP contribution is 2.47. The molecular formula is C24H35N3O6S2. The van der Waals surface area contributed by atoms with Crippen LogP contribution in [0.4, 0.5) is 4.79 Å². The van der Waals surface area contributed by atoms with Crippen LogP contribution in [0.25, 0.3) is 10.2 Å². The molecule has 2 heterocycles. The third kappa shape index (κ3) is 6.42. The van der Waals surface area contributed by atoms with E-state index in [1.807, 2.05) is 20.8 Å². The molecule has 1 atom stereocenters. The van der Waals surface area contributed by atoms with Gasteiger partial charge < -0.3 is 14.4 Å². The normalized spacial score (nSPS) is 22.7. The van der Waals surface area contributed by atoms with Crippen molar-refractivity contribution in [1.29, 1.82) is 0 Å². The number of aryl methyl sites for hydroxylation is 1. The molecule has 1 fully saturated rings. The number of nitrogens with zero attached hydrogens (tertiary/aromatic N) is 3. The number of hydrogen-bond donors (Lipinski definition) is 0. The second-order valence-electron chi connectivity index (χ2n) is 10.5. The maximum absolute atomic E-state index is 12.4. The van der Waals surface area contributed by atoms with E-state index in [1.54, 1.807) is 29.6 Å². The van der Waals surface area contributed by atoms with Crippen molar-refractivity contribution >= 4 is 37.8 Å².